The van der Waals surface area contributed by atoms with E-state index in [4.69, 9.17) is 9.72 Å². The highest BCUT2D eigenvalue weighted by Gasteiger charge is 2.32. The summed E-state index contributed by atoms with van der Waals surface area (Å²) >= 11 is 0. The lowest BCUT2D eigenvalue weighted by atomic mass is 10.1. The van der Waals surface area contributed by atoms with E-state index in [1.807, 2.05) is 39.8 Å². The van der Waals surface area contributed by atoms with Crippen LogP contribution in [-0.2, 0) is 11.4 Å². The van der Waals surface area contributed by atoms with Crippen LogP contribution in [0.25, 0.3) is 16.8 Å². The number of imidazole rings is 1. The molecule has 1 unspecified atom stereocenters. The van der Waals surface area contributed by atoms with E-state index in [1.165, 1.54) is 18.2 Å². The van der Waals surface area contributed by atoms with E-state index < -0.39 is 0 Å². The number of likely N-dealkylation sites (tertiary alicyclic amines) is 1. The molecule has 0 N–H and O–H groups in total. The SMILES string of the molecule is C=CC(=O)N1CCCC1c1nc(-c2ccc(COc3ccc(F)cc3)cc2)c2cnccn12. The second-order valence-corrected chi connectivity index (χ2v) is 7.98. The summed E-state index contributed by atoms with van der Waals surface area (Å²) in [5, 5.41) is 0. The second-order valence-electron chi connectivity index (χ2n) is 7.98. The van der Waals surface area contributed by atoms with Crippen LogP contribution in [0, 0.1) is 5.82 Å². The summed E-state index contributed by atoms with van der Waals surface area (Å²) in [6.45, 7) is 4.72. The number of benzene rings is 2. The number of carbonyl (C=O) groups excluding carboxylic acids is 1. The number of carbonyl (C=O) groups is 1. The molecule has 0 spiro atoms. The lowest BCUT2D eigenvalue weighted by Crippen LogP contribution is -2.29. The molecule has 0 radical (unpaired) electrons. The van der Waals surface area contributed by atoms with Crippen LogP contribution in [0.4, 0.5) is 4.39 Å². The van der Waals surface area contributed by atoms with Crippen LogP contribution < -0.4 is 4.74 Å². The van der Waals surface area contributed by atoms with Crippen molar-refractivity contribution in [2.75, 3.05) is 6.54 Å². The van der Waals surface area contributed by atoms with Crippen LogP contribution in [0.5, 0.6) is 5.75 Å². The van der Waals surface area contributed by atoms with Gasteiger partial charge in [0.1, 0.15) is 24.0 Å². The Morgan fingerprint density at radius 3 is 2.73 bits per heavy atom. The number of halogens is 1. The number of amides is 1. The Morgan fingerprint density at radius 1 is 1.18 bits per heavy atom. The van der Waals surface area contributed by atoms with Gasteiger partial charge in [-0.1, -0.05) is 30.8 Å². The Kier molecular flexibility index (Phi) is 5.60. The molecule has 0 aliphatic carbocycles. The van der Waals surface area contributed by atoms with Crippen LogP contribution in [0.15, 0.2) is 79.8 Å². The minimum absolute atomic E-state index is 0.0737. The first-order valence-corrected chi connectivity index (χ1v) is 10.9. The van der Waals surface area contributed by atoms with Gasteiger partial charge >= 0.3 is 0 Å². The van der Waals surface area contributed by atoms with Gasteiger partial charge in [-0.25, -0.2) is 9.37 Å². The summed E-state index contributed by atoms with van der Waals surface area (Å²) in [6, 6.07) is 13.9. The Morgan fingerprint density at radius 2 is 1.97 bits per heavy atom. The van der Waals surface area contributed by atoms with E-state index in [0.29, 0.717) is 18.9 Å². The largest absolute Gasteiger partial charge is 0.489 e. The molecule has 1 aliphatic heterocycles. The van der Waals surface area contributed by atoms with Crippen molar-refractivity contribution in [3.8, 4) is 17.0 Å². The van der Waals surface area contributed by atoms with Crippen LogP contribution >= 0.6 is 0 Å². The molecule has 1 aliphatic rings. The van der Waals surface area contributed by atoms with Crippen molar-refractivity contribution < 1.29 is 13.9 Å². The average molecular weight is 442 g/mol. The molecule has 166 valence electrons. The molecule has 5 rings (SSSR count). The molecule has 4 aromatic rings. The van der Waals surface area contributed by atoms with Gasteiger partial charge in [0.05, 0.1) is 23.4 Å². The summed E-state index contributed by atoms with van der Waals surface area (Å²) in [5.74, 6) is 1.09. The molecule has 0 saturated carbocycles. The van der Waals surface area contributed by atoms with Crippen molar-refractivity contribution in [3.63, 3.8) is 0 Å². The monoisotopic (exact) mass is 442 g/mol. The first kappa shape index (κ1) is 20.9. The zero-order chi connectivity index (χ0) is 22.8. The summed E-state index contributed by atoms with van der Waals surface area (Å²) < 4.78 is 20.8. The highest BCUT2D eigenvalue weighted by atomic mass is 19.1. The average Bonchev–Trinajstić information content (AvgIpc) is 3.48. The smallest absolute Gasteiger partial charge is 0.246 e. The highest BCUT2D eigenvalue weighted by Crippen LogP contribution is 2.35. The quantitative estimate of drug-likeness (QED) is 0.396. The normalized spacial score (nSPS) is 15.7. The van der Waals surface area contributed by atoms with Gasteiger partial charge in [-0.05, 0) is 48.7 Å². The van der Waals surface area contributed by atoms with Gasteiger partial charge in [-0.15, -0.1) is 0 Å². The van der Waals surface area contributed by atoms with E-state index in [-0.39, 0.29) is 17.8 Å². The number of ether oxygens (including phenoxy) is 1. The zero-order valence-corrected chi connectivity index (χ0v) is 18.0. The molecule has 7 heteroatoms. The second kappa shape index (κ2) is 8.86. The molecule has 33 heavy (non-hydrogen) atoms. The molecular formula is C26H23FN4O2. The maximum Gasteiger partial charge on any atom is 0.246 e. The Hall–Kier alpha value is -4.00. The van der Waals surface area contributed by atoms with E-state index in [2.05, 4.69) is 11.6 Å². The van der Waals surface area contributed by atoms with Crippen LogP contribution in [0.3, 0.4) is 0 Å². The number of nitrogens with zero attached hydrogens (tertiary/aromatic N) is 4. The molecule has 1 amide bonds. The predicted octanol–water partition coefficient (Wildman–Crippen LogP) is 4.96. The Labute approximate surface area is 191 Å². The minimum atomic E-state index is -0.289. The third-order valence-electron chi connectivity index (χ3n) is 5.93. The van der Waals surface area contributed by atoms with Crippen molar-refractivity contribution in [1.29, 1.82) is 0 Å². The Bertz CT molecular complexity index is 1300. The van der Waals surface area contributed by atoms with Gasteiger partial charge in [-0.2, -0.15) is 0 Å². The molecule has 0 bridgehead atoms. The zero-order valence-electron chi connectivity index (χ0n) is 18.0. The molecule has 1 atom stereocenters. The van der Waals surface area contributed by atoms with Crippen molar-refractivity contribution in [2.45, 2.75) is 25.5 Å². The molecule has 6 nitrogen and oxygen atoms in total. The molecular weight excluding hydrogens is 419 g/mol. The minimum Gasteiger partial charge on any atom is -0.489 e. The van der Waals surface area contributed by atoms with Crippen molar-refractivity contribution in [3.05, 3.63) is 97.0 Å². The maximum absolute atomic E-state index is 13.1. The summed E-state index contributed by atoms with van der Waals surface area (Å²) in [5.41, 5.74) is 3.66. The van der Waals surface area contributed by atoms with Gasteiger partial charge in [0.25, 0.3) is 0 Å². The lowest BCUT2D eigenvalue weighted by molar-refractivity contribution is -0.127. The maximum atomic E-state index is 13.1. The fourth-order valence-electron chi connectivity index (χ4n) is 4.28. The number of hydrogen-bond donors (Lipinski definition) is 0. The molecule has 3 heterocycles. The highest BCUT2D eigenvalue weighted by molar-refractivity contribution is 5.87. The van der Waals surface area contributed by atoms with Gasteiger partial charge in [0.2, 0.25) is 5.91 Å². The number of hydrogen-bond acceptors (Lipinski definition) is 4. The third kappa shape index (κ3) is 4.09. The Balaban J connectivity index is 1.42. The van der Waals surface area contributed by atoms with Crippen molar-refractivity contribution in [2.24, 2.45) is 0 Å². The fourth-order valence-corrected chi connectivity index (χ4v) is 4.28. The summed E-state index contributed by atoms with van der Waals surface area (Å²) in [7, 11) is 0. The molecule has 1 saturated heterocycles. The standard InChI is InChI=1S/C26H23FN4O2/c1-2-24(32)30-14-3-4-22(30)26-29-25(23-16-28-13-15-31(23)26)19-7-5-18(6-8-19)17-33-21-11-9-20(27)10-12-21/h2,5-13,15-16,22H,1,3-4,14,17H2. The molecule has 2 aromatic heterocycles. The topological polar surface area (TPSA) is 59.7 Å². The fraction of sp³-hybridized carbons (Fsp3) is 0.192. The van der Waals surface area contributed by atoms with Gasteiger partial charge in [0.15, 0.2) is 0 Å². The summed E-state index contributed by atoms with van der Waals surface area (Å²) in [6.07, 6.45) is 8.57. The predicted molar refractivity (Wildman–Crippen MR) is 123 cm³/mol. The van der Waals surface area contributed by atoms with Crippen molar-refractivity contribution >= 4 is 11.4 Å². The van der Waals surface area contributed by atoms with Crippen LogP contribution in [0.1, 0.15) is 30.3 Å². The summed E-state index contributed by atoms with van der Waals surface area (Å²) in [4.78, 5) is 23.5. The molecule has 1 fully saturated rings. The van der Waals surface area contributed by atoms with Gasteiger partial charge in [-0.3, -0.25) is 14.2 Å². The molecule has 2 aromatic carbocycles. The third-order valence-corrected chi connectivity index (χ3v) is 5.93. The van der Waals surface area contributed by atoms with Crippen LogP contribution in [-0.4, -0.2) is 31.7 Å². The van der Waals surface area contributed by atoms with Gasteiger partial charge in [0, 0.05) is 24.5 Å². The number of aromatic nitrogens is 3. The van der Waals surface area contributed by atoms with Crippen molar-refractivity contribution in [1.82, 2.24) is 19.3 Å². The number of rotatable bonds is 6. The number of fused-ring (bicyclic) bond motifs is 1. The van der Waals surface area contributed by atoms with E-state index in [9.17, 15) is 9.18 Å². The first-order valence-electron chi connectivity index (χ1n) is 10.9. The van der Waals surface area contributed by atoms with E-state index in [0.717, 1.165) is 41.0 Å². The van der Waals surface area contributed by atoms with E-state index in [1.54, 1.807) is 24.5 Å². The van der Waals surface area contributed by atoms with Crippen LogP contribution in [0.2, 0.25) is 0 Å². The van der Waals surface area contributed by atoms with Gasteiger partial charge < -0.3 is 9.64 Å². The van der Waals surface area contributed by atoms with E-state index >= 15 is 0 Å². The first-order chi connectivity index (χ1) is 16.1. The lowest BCUT2D eigenvalue weighted by Gasteiger charge is -2.22.